The molecule has 5 rings (SSSR count). The molecule has 1 unspecified atom stereocenters. The van der Waals surface area contributed by atoms with E-state index in [-0.39, 0.29) is 42.3 Å². The van der Waals surface area contributed by atoms with E-state index in [1.807, 2.05) is 73.6 Å². The highest BCUT2D eigenvalue weighted by atomic mass is 16.7. The minimum Gasteiger partial charge on any atom is -0.496 e. The van der Waals surface area contributed by atoms with Crippen LogP contribution in [0.4, 0.5) is 5.69 Å². The molecule has 3 aromatic carbocycles. The third-order valence-electron chi connectivity index (χ3n) is 11.6. The largest absolute Gasteiger partial charge is 0.496 e. The van der Waals surface area contributed by atoms with Crippen LogP contribution in [0.3, 0.4) is 0 Å². The number of ether oxygens (including phenoxy) is 1. The predicted octanol–water partition coefficient (Wildman–Crippen LogP) is 5.84. The zero-order valence-electron chi connectivity index (χ0n) is 32.8. The standard InChI is InChI=1S/C43H60N4O6/c1-27-24-43(4,5)28(2)20-36(27)45-42(51)39-38(29(3)49)37(26-48)53-47(39)25-31-17-12-18-35(40(31)52-8)32-21-33(23-34(22-32)46(6)7)41(50)44-19-13-16-30-14-10-9-11-15-30/h9-12,14-15,17-18,21-23,27-29,36-39,48-49H,13,16,19-20,24-26H2,1-8H3,(H,44,50)(H,45,51)/t27-,28+,29?,36-,37-,38+,39-/m0/s1. The van der Waals surface area contributed by atoms with Gasteiger partial charge >= 0.3 is 0 Å². The van der Waals surface area contributed by atoms with Crippen LogP contribution in [0.15, 0.2) is 66.7 Å². The third-order valence-corrected chi connectivity index (χ3v) is 11.6. The molecule has 2 fully saturated rings. The van der Waals surface area contributed by atoms with Crippen LogP contribution in [-0.4, -0.2) is 85.7 Å². The molecule has 1 saturated heterocycles. The van der Waals surface area contributed by atoms with Gasteiger partial charge in [-0.2, -0.15) is 5.06 Å². The van der Waals surface area contributed by atoms with E-state index >= 15 is 0 Å². The highest BCUT2D eigenvalue weighted by Gasteiger charge is 2.50. The summed E-state index contributed by atoms with van der Waals surface area (Å²) < 4.78 is 6.06. The molecule has 1 heterocycles. The van der Waals surface area contributed by atoms with Crippen molar-refractivity contribution < 1.29 is 29.4 Å². The summed E-state index contributed by atoms with van der Waals surface area (Å²) in [7, 11) is 5.49. The smallest absolute Gasteiger partial charge is 0.251 e. The lowest BCUT2D eigenvalue weighted by Crippen LogP contribution is -2.55. The van der Waals surface area contributed by atoms with Gasteiger partial charge in [0.1, 0.15) is 17.9 Å². The van der Waals surface area contributed by atoms with Gasteiger partial charge in [-0.15, -0.1) is 0 Å². The lowest BCUT2D eigenvalue weighted by Gasteiger charge is -2.45. The van der Waals surface area contributed by atoms with Gasteiger partial charge in [-0.05, 0) is 79.2 Å². The van der Waals surface area contributed by atoms with Crippen molar-refractivity contribution in [2.24, 2.45) is 23.2 Å². The van der Waals surface area contributed by atoms with Gasteiger partial charge in [-0.3, -0.25) is 14.4 Å². The van der Waals surface area contributed by atoms with E-state index in [0.717, 1.165) is 48.1 Å². The number of carbonyl (C=O) groups excluding carboxylic acids is 2. The van der Waals surface area contributed by atoms with Crippen molar-refractivity contribution >= 4 is 17.5 Å². The molecule has 10 nitrogen and oxygen atoms in total. The minimum absolute atomic E-state index is 0.00713. The van der Waals surface area contributed by atoms with Crippen LogP contribution >= 0.6 is 0 Å². The van der Waals surface area contributed by atoms with Crippen LogP contribution in [-0.2, 0) is 22.6 Å². The molecule has 0 aromatic heterocycles. The van der Waals surface area contributed by atoms with E-state index in [9.17, 15) is 19.8 Å². The fraction of sp³-hybridized carbons (Fsp3) is 0.535. The first kappa shape index (κ1) is 40.2. The summed E-state index contributed by atoms with van der Waals surface area (Å²) >= 11 is 0. The number of amides is 2. The van der Waals surface area contributed by atoms with Gasteiger partial charge in [0, 0.05) is 55.0 Å². The Morgan fingerprint density at radius 2 is 1.81 bits per heavy atom. The number of benzene rings is 3. The van der Waals surface area contributed by atoms with E-state index in [1.165, 1.54) is 5.56 Å². The molecule has 0 bridgehead atoms. The minimum atomic E-state index is -0.903. The second-order valence-corrected chi connectivity index (χ2v) is 16.1. The average molecular weight is 729 g/mol. The van der Waals surface area contributed by atoms with Crippen LogP contribution < -0.4 is 20.3 Å². The number of rotatable bonds is 14. The normalized spacial score (nSPS) is 24.7. The summed E-state index contributed by atoms with van der Waals surface area (Å²) in [6.45, 7) is 11.0. The van der Waals surface area contributed by atoms with Crippen molar-refractivity contribution in [3.8, 4) is 16.9 Å². The van der Waals surface area contributed by atoms with E-state index in [4.69, 9.17) is 9.57 Å². The van der Waals surface area contributed by atoms with E-state index < -0.39 is 24.2 Å². The molecule has 1 saturated carbocycles. The fourth-order valence-corrected chi connectivity index (χ4v) is 8.19. The summed E-state index contributed by atoms with van der Waals surface area (Å²) in [5, 5.41) is 29.3. The maximum Gasteiger partial charge on any atom is 0.251 e. The first-order chi connectivity index (χ1) is 25.2. The Labute approximate surface area is 315 Å². The topological polar surface area (TPSA) is 124 Å². The second kappa shape index (κ2) is 17.5. The molecular formula is C43H60N4O6. The number of hydroxylamine groups is 2. The van der Waals surface area contributed by atoms with Crippen molar-refractivity contribution in [1.82, 2.24) is 15.7 Å². The zero-order valence-corrected chi connectivity index (χ0v) is 32.8. The average Bonchev–Trinajstić information content (AvgIpc) is 3.51. The lowest BCUT2D eigenvalue weighted by atomic mass is 9.64. The number of hydrogen-bond donors (Lipinski definition) is 4. The summed E-state index contributed by atoms with van der Waals surface area (Å²) in [5.41, 5.74) is 5.18. The Morgan fingerprint density at radius 3 is 2.47 bits per heavy atom. The maximum atomic E-state index is 14.2. The Bertz CT molecular complexity index is 1700. The first-order valence-electron chi connectivity index (χ1n) is 19.1. The number of aryl methyl sites for hydroxylation is 1. The van der Waals surface area contributed by atoms with Gasteiger partial charge in [-0.25, -0.2) is 0 Å². The summed E-state index contributed by atoms with van der Waals surface area (Å²) in [6, 6.07) is 21.0. The summed E-state index contributed by atoms with van der Waals surface area (Å²) in [6.07, 6.45) is 1.91. The van der Waals surface area contributed by atoms with Crippen molar-refractivity contribution in [2.75, 3.05) is 39.3 Å². The monoisotopic (exact) mass is 728 g/mol. The Hall–Kier alpha value is -3.96. The van der Waals surface area contributed by atoms with E-state index in [1.54, 1.807) is 19.1 Å². The van der Waals surface area contributed by atoms with Crippen LogP contribution in [0.5, 0.6) is 5.75 Å². The third kappa shape index (κ3) is 9.41. The van der Waals surface area contributed by atoms with Gasteiger partial charge in [0.25, 0.3) is 5.91 Å². The van der Waals surface area contributed by atoms with Crippen molar-refractivity contribution in [3.05, 3.63) is 83.4 Å². The van der Waals surface area contributed by atoms with Gasteiger partial charge in [-0.1, -0.05) is 76.2 Å². The molecule has 1 aliphatic heterocycles. The molecule has 10 heteroatoms. The Balaban J connectivity index is 1.40. The summed E-state index contributed by atoms with van der Waals surface area (Å²) in [4.78, 5) is 35.9. The van der Waals surface area contributed by atoms with Crippen LogP contribution in [0.2, 0.25) is 0 Å². The number of para-hydroxylation sites is 1. The number of aliphatic hydroxyl groups excluding tert-OH is 2. The molecule has 288 valence electrons. The van der Waals surface area contributed by atoms with Crippen LogP contribution in [0, 0.1) is 23.2 Å². The van der Waals surface area contributed by atoms with Crippen molar-refractivity contribution in [1.29, 1.82) is 0 Å². The molecule has 1 aliphatic carbocycles. The highest BCUT2D eigenvalue weighted by Crippen LogP contribution is 2.44. The van der Waals surface area contributed by atoms with E-state index in [0.29, 0.717) is 23.8 Å². The number of aliphatic hydroxyl groups is 2. The molecule has 2 aliphatic rings. The molecule has 2 amide bonds. The van der Waals surface area contributed by atoms with Crippen molar-refractivity contribution in [3.63, 3.8) is 0 Å². The SMILES string of the molecule is COc1c(CN2O[C@@H](CO)[C@@H](C(C)O)[C@H]2C(=O)N[C@H]2C[C@@H](C)C(C)(C)C[C@@H]2C)cccc1-c1cc(C(=O)NCCCc2ccccc2)cc(N(C)C)c1. The Morgan fingerprint density at radius 1 is 1.08 bits per heavy atom. The zero-order chi connectivity index (χ0) is 38.4. The quantitative estimate of drug-likeness (QED) is 0.153. The highest BCUT2D eigenvalue weighted by molar-refractivity contribution is 5.97. The van der Waals surface area contributed by atoms with Crippen LogP contribution in [0.25, 0.3) is 11.1 Å². The van der Waals surface area contributed by atoms with Gasteiger partial charge < -0.3 is 30.5 Å². The second-order valence-electron chi connectivity index (χ2n) is 16.1. The number of methoxy groups -OCH3 is 1. The van der Waals surface area contributed by atoms with Crippen LogP contribution in [0.1, 0.15) is 75.4 Å². The fourth-order valence-electron chi connectivity index (χ4n) is 8.19. The molecule has 0 radical (unpaired) electrons. The molecule has 53 heavy (non-hydrogen) atoms. The van der Waals surface area contributed by atoms with Gasteiger partial charge in [0.2, 0.25) is 5.91 Å². The van der Waals surface area contributed by atoms with E-state index in [2.05, 4.69) is 50.5 Å². The molecule has 7 atom stereocenters. The molecular weight excluding hydrogens is 668 g/mol. The number of nitrogens with zero attached hydrogens (tertiary/aromatic N) is 2. The lowest BCUT2D eigenvalue weighted by molar-refractivity contribution is -0.182. The number of nitrogens with one attached hydrogen (secondary N) is 2. The predicted molar refractivity (Wildman–Crippen MR) is 210 cm³/mol. The van der Waals surface area contributed by atoms with Gasteiger partial charge in [0.05, 0.1) is 26.4 Å². The Kier molecular flexibility index (Phi) is 13.2. The number of hydrogen-bond acceptors (Lipinski definition) is 8. The number of carbonyl (C=O) groups is 2. The maximum absolute atomic E-state index is 14.2. The first-order valence-corrected chi connectivity index (χ1v) is 19.1. The van der Waals surface area contributed by atoms with Gasteiger partial charge in [0.15, 0.2) is 0 Å². The van der Waals surface area contributed by atoms with Crippen molar-refractivity contribution in [2.45, 2.75) is 91.1 Å². The number of anilines is 1. The molecule has 4 N–H and O–H groups in total. The summed E-state index contributed by atoms with van der Waals surface area (Å²) in [5.74, 6) is 0.286. The molecule has 0 spiro atoms. The molecule has 3 aromatic rings.